The van der Waals surface area contributed by atoms with Crippen LogP contribution < -0.4 is 11.1 Å². The molecule has 0 bridgehead atoms. The van der Waals surface area contributed by atoms with Gasteiger partial charge >= 0.3 is 0 Å². The number of benzene rings is 1. The number of nitrogens with two attached hydrogens (primary N) is 1. The second-order valence-corrected chi connectivity index (χ2v) is 6.27. The molecule has 0 aliphatic heterocycles. The normalized spacial score (nSPS) is 11.8. The molecular formula is C14H15ClFN3OS. The summed E-state index contributed by atoms with van der Waals surface area (Å²) >= 11 is 7.41. The molecule has 0 aliphatic carbocycles. The van der Waals surface area contributed by atoms with Gasteiger partial charge < -0.3 is 16.3 Å². The third-order valence-corrected chi connectivity index (χ3v) is 4.16. The highest BCUT2D eigenvalue weighted by Crippen LogP contribution is 2.21. The molecule has 2 rings (SSSR count). The van der Waals surface area contributed by atoms with Crippen molar-refractivity contribution in [2.75, 3.05) is 6.54 Å². The maximum Gasteiger partial charge on any atom is 0.170 e. The lowest BCUT2D eigenvalue weighted by Crippen LogP contribution is -2.18. The molecule has 0 saturated heterocycles. The van der Waals surface area contributed by atoms with Crippen LogP contribution in [0.15, 0.2) is 35.5 Å². The fraction of sp³-hybridized carbons (Fsp3) is 0.214. The number of thiophene rings is 1. The van der Waals surface area contributed by atoms with Gasteiger partial charge in [-0.25, -0.2) is 4.39 Å². The van der Waals surface area contributed by atoms with Gasteiger partial charge in [0, 0.05) is 23.5 Å². The van der Waals surface area contributed by atoms with Crippen molar-refractivity contribution in [2.45, 2.75) is 13.0 Å². The molecule has 2 aromatic rings. The van der Waals surface area contributed by atoms with Crippen LogP contribution in [-0.4, -0.2) is 17.6 Å². The van der Waals surface area contributed by atoms with Crippen LogP contribution in [0.5, 0.6) is 0 Å². The van der Waals surface area contributed by atoms with E-state index in [2.05, 4.69) is 10.5 Å². The Morgan fingerprint density at radius 2 is 2.19 bits per heavy atom. The van der Waals surface area contributed by atoms with Crippen LogP contribution in [0.25, 0.3) is 0 Å². The third kappa shape index (κ3) is 4.70. The molecule has 7 heteroatoms. The van der Waals surface area contributed by atoms with Crippen molar-refractivity contribution in [2.24, 2.45) is 10.9 Å². The van der Waals surface area contributed by atoms with Crippen LogP contribution in [0.3, 0.4) is 0 Å². The number of hydrogen-bond acceptors (Lipinski definition) is 4. The highest BCUT2D eigenvalue weighted by atomic mass is 35.5. The fourth-order valence-electron chi connectivity index (χ4n) is 1.89. The van der Waals surface area contributed by atoms with E-state index < -0.39 is 5.82 Å². The summed E-state index contributed by atoms with van der Waals surface area (Å²) in [5.74, 6) is -0.523. The van der Waals surface area contributed by atoms with Gasteiger partial charge in [-0.05, 0) is 42.3 Å². The monoisotopic (exact) mass is 327 g/mol. The van der Waals surface area contributed by atoms with E-state index >= 15 is 0 Å². The summed E-state index contributed by atoms with van der Waals surface area (Å²) < 4.78 is 14.2. The summed E-state index contributed by atoms with van der Waals surface area (Å²) in [6.07, 6.45) is 0.861. The molecular weight excluding hydrogens is 313 g/mol. The van der Waals surface area contributed by atoms with Gasteiger partial charge in [0.1, 0.15) is 5.82 Å². The summed E-state index contributed by atoms with van der Waals surface area (Å²) in [6, 6.07) is 8.20. The molecule has 0 spiro atoms. The van der Waals surface area contributed by atoms with Crippen LogP contribution in [-0.2, 0) is 13.0 Å². The molecule has 0 saturated carbocycles. The van der Waals surface area contributed by atoms with Gasteiger partial charge in [0.15, 0.2) is 5.84 Å². The first kappa shape index (κ1) is 15.8. The second-order valence-electron chi connectivity index (χ2n) is 4.47. The van der Waals surface area contributed by atoms with Crippen molar-refractivity contribution in [3.8, 4) is 0 Å². The van der Waals surface area contributed by atoms with E-state index in [1.54, 1.807) is 17.4 Å². The van der Waals surface area contributed by atoms with Crippen LogP contribution in [0, 0.1) is 5.82 Å². The summed E-state index contributed by atoms with van der Waals surface area (Å²) in [5.41, 5.74) is 6.56. The molecule has 0 radical (unpaired) electrons. The summed E-state index contributed by atoms with van der Waals surface area (Å²) in [4.78, 5) is 1.20. The quantitative estimate of drug-likeness (QED) is 0.251. The fourth-order valence-corrected chi connectivity index (χ4v) is 2.98. The van der Waals surface area contributed by atoms with Crippen molar-refractivity contribution >= 4 is 28.8 Å². The minimum atomic E-state index is -0.416. The summed E-state index contributed by atoms with van der Waals surface area (Å²) in [7, 11) is 0. The van der Waals surface area contributed by atoms with Gasteiger partial charge in [0.25, 0.3) is 0 Å². The van der Waals surface area contributed by atoms with Crippen molar-refractivity contribution in [1.82, 2.24) is 5.32 Å². The Labute approximate surface area is 131 Å². The lowest BCUT2D eigenvalue weighted by Gasteiger charge is -2.07. The van der Waals surface area contributed by atoms with Crippen molar-refractivity contribution < 1.29 is 9.60 Å². The zero-order valence-electron chi connectivity index (χ0n) is 11.1. The SMILES string of the molecule is N/C(=N/O)c1cc(F)cc(CNCCc2ccc(Cl)s2)c1. The predicted molar refractivity (Wildman–Crippen MR) is 83.7 cm³/mol. The van der Waals surface area contributed by atoms with Gasteiger partial charge in [-0.15, -0.1) is 11.3 Å². The number of oxime groups is 1. The Bertz CT molecular complexity index is 645. The zero-order valence-corrected chi connectivity index (χ0v) is 12.7. The molecule has 4 N–H and O–H groups in total. The van der Waals surface area contributed by atoms with E-state index in [1.165, 1.54) is 17.0 Å². The lowest BCUT2D eigenvalue weighted by atomic mass is 10.1. The van der Waals surface area contributed by atoms with Crippen LogP contribution >= 0.6 is 22.9 Å². The van der Waals surface area contributed by atoms with Crippen molar-refractivity contribution in [3.05, 3.63) is 56.5 Å². The molecule has 21 heavy (non-hydrogen) atoms. The predicted octanol–water partition coefficient (Wildman–Crippen LogP) is 2.97. The molecule has 0 amide bonds. The van der Waals surface area contributed by atoms with E-state index in [0.717, 1.165) is 22.9 Å². The molecule has 1 heterocycles. The Morgan fingerprint density at radius 3 is 2.86 bits per heavy atom. The van der Waals surface area contributed by atoms with E-state index in [-0.39, 0.29) is 5.84 Å². The Balaban J connectivity index is 1.89. The molecule has 0 aliphatic rings. The smallest absolute Gasteiger partial charge is 0.170 e. The van der Waals surface area contributed by atoms with E-state index in [0.29, 0.717) is 12.1 Å². The maximum atomic E-state index is 13.5. The van der Waals surface area contributed by atoms with Gasteiger partial charge in [0.2, 0.25) is 0 Å². The minimum Gasteiger partial charge on any atom is -0.409 e. The van der Waals surface area contributed by atoms with Gasteiger partial charge in [-0.1, -0.05) is 16.8 Å². The second kappa shape index (κ2) is 7.40. The van der Waals surface area contributed by atoms with Crippen LogP contribution in [0.2, 0.25) is 4.34 Å². The average Bonchev–Trinajstić information content (AvgIpc) is 2.88. The third-order valence-electron chi connectivity index (χ3n) is 2.87. The van der Waals surface area contributed by atoms with Gasteiger partial charge in [0.05, 0.1) is 4.34 Å². The molecule has 1 aromatic carbocycles. The Hall–Kier alpha value is -1.63. The minimum absolute atomic E-state index is 0.107. The first-order valence-corrected chi connectivity index (χ1v) is 7.50. The number of halogens is 2. The number of rotatable bonds is 6. The molecule has 1 aromatic heterocycles. The standard InChI is InChI=1S/C14H15ClFN3OS/c15-13-2-1-12(21-13)3-4-18-8-9-5-10(14(17)19-20)7-11(16)6-9/h1-2,5-7,18,20H,3-4,8H2,(H2,17,19). The lowest BCUT2D eigenvalue weighted by molar-refractivity contribution is 0.318. The molecule has 0 atom stereocenters. The Morgan fingerprint density at radius 1 is 1.38 bits per heavy atom. The molecule has 0 unspecified atom stereocenters. The summed E-state index contributed by atoms with van der Waals surface area (Å²) in [5, 5.41) is 14.7. The topological polar surface area (TPSA) is 70.6 Å². The highest BCUT2D eigenvalue weighted by Gasteiger charge is 2.05. The van der Waals surface area contributed by atoms with Crippen molar-refractivity contribution in [1.29, 1.82) is 0 Å². The number of hydrogen-bond donors (Lipinski definition) is 3. The summed E-state index contributed by atoms with van der Waals surface area (Å²) in [6.45, 7) is 1.26. The van der Waals surface area contributed by atoms with Crippen LogP contribution in [0.1, 0.15) is 16.0 Å². The zero-order chi connectivity index (χ0) is 15.2. The van der Waals surface area contributed by atoms with Crippen molar-refractivity contribution in [3.63, 3.8) is 0 Å². The van der Waals surface area contributed by atoms with Crippen LogP contribution in [0.4, 0.5) is 4.39 Å². The molecule has 112 valence electrons. The van der Waals surface area contributed by atoms with E-state index in [9.17, 15) is 4.39 Å². The number of amidine groups is 1. The van der Waals surface area contributed by atoms with Gasteiger partial charge in [-0.2, -0.15) is 0 Å². The van der Waals surface area contributed by atoms with Gasteiger partial charge in [-0.3, -0.25) is 0 Å². The van der Waals surface area contributed by atoms with E-state index in [4.69, 9.17) is 22.5 Å². The number of nitrogens with zero attached hydrogens (tertiary/aromatic N) is 1. The largest absolute Gasteiger partial charge is 0.409 e. The molecule has 0 fully saturated rings. The molecule has 4 nitrogen and oxygen atoms in total. The number of nitrogens with one attached hydrogen (secondary N) is 1. The maximum absolute atomic E-state index is 13.5. The average molecular weight is 328 g/mol. The first-order chi connectivity index (χ1) is 10.1. The first-order valence-electron chi connectivity index (χ1n) is 6.31. The highest BCUT2D eigenvalue weighted by molar-refractivity contribution is 7.16. The van der Waals surface area contributed by atoms with E-state index in [1.807, 2.05) is 12.1 Å². The Kier molecular flexibility index (Phi) is 5.55.